The Balaban J connectivity index is 1.24. The summed E-state index contributed by atoms with van der Waals surface area (Å²) in [5.41, 5.74) is 2.84. The molecule has 1 unspecified atom stereocenters. The smallest absolute Gasteiger partial charge is 0.246 e. The van der Waals surface area contributed by atoms with Crippen LogP contribution in [0.15, 0.2) is 30.6 Å². The number of piperidine rings is 1. The van der Waals surface area contributed by atoms with Crippen molar-refractivity contribution in [3.63, 3.8) is 0 Å². The van der Waals surface area contributed by atoms with Crippen LogP contribution in [0.2, 0.25) is 0 Å². The molecule has 9 heteroatoms. The quantitative estimate of drug-likeness (QED) is 0.528. The number of anilines is 1. The van der Waals surface area contributed by atoms with E-state index in [4.69, 9.17) is 4.74 Å². The van der Waals surface area contributed by atoms with E-state index in [1.54, 1.807) is 0 Å². The van der Waals surface area contributed by atoms with Gasteiger partial charge in [0.2, 0.25) is 5.91 Å². The third-order valence-electron chi connectivity index (χ3n) is 5.44. The molecule has 3 aromatic rings. The predicted molar refractivity (Wildman–Crippen MR) is 117 cm³/mol. The Kier molecular flexibility index (Phi) is 6.15. The van der Waals surface area contributed by atoms with Crippen LogP contribution in [0.5, 0.6) is 0 Å². The zero-order valence-electron chi connectivity index (χ0n) is 17.9. The molecule has 0 radical (unpaired) electrons. The minimum absolute atomic E-state index is 0.0963. The molecule has 1 aromatic carbocycles. The maximum absolute atomic E-state index is 12.2. The summed E-state index contributed by atoms with van der Waals surface area (Å²) in [4.78, 5) is 30.3. The third-order valence-corrected chi connectivity index (χ3v) is 5.44. The van der Waals surface area contributed by atoms with Crippen molar-refractivity contribution in [3.8, 4) is 0 Å². The number of nitrogens with one attached hydrogen (secondary N) is 2. The van der Waals surface area contributed by atoms with E-state index in [-0.39, 0.29) is 25.7 Å². The molecule has 0 bridgehead atoms. The second-order valence-corrected chi connectivity index (χ2v) is 8.24. The van der Waals surface area contributed by atoms with Crippen LogP contribution in [0.25, 0.3) is 11.0 Å². The van der Waals surface area contributed by atoms with Gasteiger partial charge in [-0.1, -0.05) is 6.07 Å². The van der Waals surface area contributed by atoms with Crippen LogP contribution >= 0.6 is 0 Å². The van der Waals surface area contributed by atoms with E-state index in [2.05, 4.69) is 25.3 Å². The molecular formula is C22H28N6O3. The van der Waals surface area contributed by atoms with Crippen molar-refractivity contribution in [1.29, 1.82) is 0 Å². The van der Waals surface area contributed by atoms with E-state index in [0.29, 0.717) is 18.8 Å². The largest absolute Gasteiger partial charge is 0.386 e. The second kappa shape index (κ2) is 8.99. The number of H-pyrrole nitrogens is 1. The first-order valence-electron chi connectivity index (χ1n) is 10.5. The van der Waals surface area contributed by atoms with Crippen LogP contribution in [0.3, 0.4) is 0 Å². The summed E-state index contributed by atoms with van der Waals surface area (Å²) >= 11 is 0. The topological polar surface area (TPSA) is 116 Å². The summed E-state index contributed by atoms with van der Waals surface area (Å²) in [5, 5.41) is 13.8. The van der Waals surface area contributed by atoms with Crippen molar-refractivity contribution >= 4 is 22.8 Å². The lowest BCUT2D eigenvalue weighted by atomic mass is 9.92. The standard InChI is InChI=1S/C22H28N6O3/c1-15-4-5-17-18(8-15)27-19(26-17)10-31-11-21(29)23-12-22(30)6-3-7-28(13-22)20-9-16(2)24-14-25-20/h4-5,8-9,14,30H,3,6-7,10-13H2,1-2H3,(H,23,29)(H,26,27). The van der Waals surface area contributed by atoms with Crippen LogP contribution in [-0.2, 0) is 16.1 Å². The highest BCUT2D eigenvalue weighted by molar-refractivity contribution is 5.77. The number of amides is 1. The maximum atomic E-state index is 12.2. The molecule has 1 saturated heterocycles. The molecule has 164 valence electrons. The van der Waals surface area contributed by atoms with Crippen LogP contribution in [-0.4, -0.2) is 62.8 Å². The van der Waals surface area contributed by atoms with Crippen molar-refractivity contribution in [2.24, 2.45) is 0 Å². The lowest BCUT2D eigenvalue weighted by Gasteiger charge is -2.39. The Labute approximate surface area is 180 Å². The van der Waals surface area contributed by atoms with Gasteiger partial charge in [-0.3, -0.25) is 4.79 Å². The molecule has 1 fully saturated rings. The predicted octanol–water partition coefficient (Wildman–Crippen LogP) is 1.63. The van der Waals surface area contributed by atoms with Gasteiger partial charge in [0, 0.05) is 31.4 Å². The first-order chi connectivity index (χ1) is 14.9. The number of benzene rings is 1. The highest BCUT2D eigenvalue weighted by atomic mass is 16.5. The molecule has 1 aliphatic rings. The molecule has 31 heavy (non-hydrogen) atoms. The number of hydrogen-bond donors (Lipinski definition) is 3. The number of β-amino-alcohol motifs (C(OH)–C–C–N with tert-alkyl or cyclic N) is 1. The Morgan fingerprint density at radius 1 is 1.32 bits per heavy atom. The zero-order chi connectivity index (χ0) is 21.8. The van der Waals surface area contributed by atoms with E-state index < -0.39 is 5.60 Å². The molecule has 0 aliphatic carbocycles. The van der Waals surface area contributed by atoms with Crippen LogP contribution < -0.4 is 10.2 Å². The number of aryl methyl sites for hydroxylation is 2. The third kappa shape index (κ3) is 5.36. The summed E-state index contributed by atoms with van der Waals surface area (Å²) in [7, 11) is 0. The second-order valence-electron chi connectivity index (χ2n) is 8.24. The van der Waals surface area contributed by atoms with Gasteiger partial charge in [-0.25, -0.2) is 15.0 Å². The number of carbonyl (C=O) groups is 1. The Morgan fingerprint density at radius 3 is 3.03 bits per heavy atom. The first-order valence-corrected chi connectivity index (χ1v) is 10.5. The number of fused-ring (bicyclic) bond motifs is 1. The molecule has 0 saturated carbocycles. The number of nitrogens with zero attached hydrogens (tertiary/aromatic N) is 4. The van der Waals surface area contributed by atoms with Crippen molar-refractivity contribution in [2.45, 2.75) is 38.9 Å². The summed E-state index contributed by atoms with van der Waals surface area (Å²) < 4.78 is 5.50. The number of hydrogen-bond acceptors (Lipinski definition) is 7. The molecule has 2 aromatic heterocycles. The normalized spacial score (nSPS) is 19.0. The summed E-state index contributed by atoms with van der Waals surface area (Å²) in [6.45, 7) is 5.44. The van der Waals surface area contributed by atoms with Gasteiger partial charge in [0.15, 0.2) is 0 Å². The number of rotatable bonds is 7. The van der Waals surface area contributed by atoms with Gasteiger partial charge in [0.1, 0.15) is 31.2 Å². The molecule has 1 amide bonds. The van der Waals surface area contributed by atoms with E-state index in [1.807, 2.05) is 43.0 Å². The lowest BCUT2D eigenvalue weighted by molar-refractivity contribution is -0.127. The number of carbonyl (C=O) groups excluding carboxylic acids is 1. The van der Waals surface area contributed by atoms with Crippen LogP contribution in [0.4, 0.5) is 5.82 Å². The van der Waals surface area contributed by atoms with Gasteiger partial charge in [0.25, 0.3) is 0 Å². The highest BCUT2D eigenvalue weighted by Gasteiger charge is 2.34. The van der Waals surface area contributed by atoms with Crippen LogP contribution in [0.1, 0.15) is 29.9 Å². The molecule has 1 aliphatic heterocycles. The molecule has 4 rings (SSSR count). The summed E-state index contributed by atoms with van der Waals surface area (Å²) in [6, 6.07) is 7.88. The average molecular weight is 425 g/mol. The summed E-state index contributed by atoms with van der Waals surface area (Å²) in [6.07, 6.45) is 2.96. The highest BCUT2D eigenvalue weighted by Crippen LogP contribution is 2.24. The Bertz CT molecular complexity index is 1070. The average Bonchev–Trinajstić information content (AvgIpc) is 3.14. The summed E-state index contributed by atoms with van der Waals surface area (Å²) in [5.74, 6) is 1.20. The SMILES string of the molecule is Cc1ccc2nc(COCC(=O)NCC3(O)CCCN(c4cc(C)ncn4)C3)[nH]c2c1. The van der Waals surface area contributed by atoms with E-state index in [9.17, 15) is 9.90 Å². The number of aliphatic hydroxyl groups is 1. The fourth-order valence-corrected chi connectivity index (χ4v) is 3.86. The van der Waals surface area contributed by atoms with Crippen LogP contribution in [0, 0.1) is 13.8 Å². The number of aromatic amines is 1. The van der Waals surface area contributed by atoms with E-state index in [1.165, 1.54) is 6.33 Å². The van der Waals surface area contributed by atoms with Crippen molar-refractivity contribution in [2.75, 3.05) is 31.1 Å². The zero-order valence-corrected chi connectivity index (χ0v) is 17.9. The van der Waals surface area contributed by atoms with Gasteiger partial charge >= 0.3 is 0 Å². The monoisotopic (exact) mass is 424 g/mol. The van der Waals surface area contributed by atoms with E-state index in [0.717, 1.165) is 41.1 Å². The molecular weight excluding hydrogens is 396 g/mol. The minimum atomic E-state index is -1.01. The molecule has 9 nitrogen and oxygen atoms in total. The lowest BCUT2D eigenvalue weighted by Crippen LogP contribution is -2.55. The minimum Gasteiger partial charge on any atom is -0.386 e. The molecule has 0 spiro atoms. The van der Waals surface area contributed by atoms with Crippen molar-refractivity contribution < 1.29 is 14.6 Å². The van der Waals surface area contributed by atoms with Gasteiger partial charge in [-0.2, -0.15) is 0 Å². The number of imidazole rings is 1. The fourth-order valence-electron chi connectivity index (χ4n) is 3.86. The number of ether oxygens (including phenoxy) is 1. The number of aromatic nitrogens is 4. The van der Waals surface area contributed by atoms with E-state index >= 15 is 0 Å². The van der Waals surface area contributed by atoms with Gasteiger partial charge < -0.3 is 25.0 Å². The van der Waals surface area contributed by atoms with Gasteiger partial charge in [-0.15, -0.1) is 0 Å². The maximum Gasteiger partial charge on any atom is 0.246 e. The fraction of sp³-hybridized carbons (Fsp3) is 0.455. The molecule has 3 heterocycles. The van der Waals surface area contributed by atoms with Gasteiger partial charge in [-0.05, 0) is 44.4 Å². The first kappa shape index (κ1) is 21.2. The molecule has 3 N–H and O–H groups in total. The Hall–Kier alpha value is -3.04. The molecule has 1 atom stereocenters. The van der Waals surface area contributed by atoms with Crippen molar-refractivity contribution in [3.05, 3.63) is 47.7 Å². The van der Waals surface area contributed by atoms with Gasteiger partial charge in [0.05, 0.1) is 16.6 Å². The Morgan fingerprint density at radius 2 is 2.19 bits per heavy atom. The van der Waals surface area contributed by atoms with Crippen molar-refractivity contribution in [1.82, 2.24) is 25.3 Å².